The molecule has 12 aromatic rings. The molecule has 0 bridgehead atoms. The van der Waals surface area contributed by atoms with Crippen molar-refractivity contribution in [2.45, 2.75) is 40.0 Å². The standard InChI is InChI=1S/C10H9F3N4.C9H7F3N4.C9H10N4.2C8H9N5.C8H8N4/c1-6-16-9(10(11,12)13)5-17(6)8-2-3-15-4-7(8)14;10-9(11,12)8-4-16(5-15-8)7-1-2-14-3-6(7)13;1-7-12-4-5-13(7)9-2-3-11-6-8(9)10;1-6-11-5-13(12-6)8-2-3-10-4-7(8)9;1-6-11-5-12-13(6)8-2-3-10-4-7(8)9;9-7-5-10-2-1-8(7)12-4-3-11-6-12/h2-5H,14H2,1H3;1-5H,13H2;2-6H,10H2,1H3;2*2-5H,9H2,1H3;1-6H,9H2. The van der Waals surface area contributed by atoms with E-state index in [-0.39, 0.29) is 11.5 Å². The third-order valence-corrected chi connectivity index (χ3v) is 11.2. The second-order valence-corrected chi connectivity index (χ2v) is 17.1. The summed E-state index contributed by atoms with van der Waals surface area (Å²) >= 11 is 0. The Kier molecular flexibility index (Phi) is 19.3. The molecule has 12 rings (SSSR count). The fourth-order valence-corrected chi connectivity index (χ4v) is 7.19. The van der Waals surface area contributed by atoms with Gasteiger partial charge in [0.1, 0.15) is 36.0 Å². The largest absolute Gasteiger partial charge is 0.434 e. The van der Waals surface area contributed by atoms with Crippen molar-refractivity contribution >= 4 is 34.1 Å². The number of rotatable bonds is 6. The minimum atomic E-state index is -4.46. The molecule has 12 aromatic heterocycles. The topological polar surface area (TPSA) is 366 Å². The molecule has 0 saturated carbocycles. The van der Waals surface area contributed by atoms with Gasteiger partial charge in [0.05, 0.1) is 118 Å². The SMILES string of the molecule is Cc1nc(C(F)(F)F)cn1-c1ccncc1N.Cc1nccn1-c1ccncc1N.Cc1ncn(-c2ccncc2N)n1.Cc1ncnn1-c1ccncc1N.Nc1cnccc1-n1ccnc1.Nc1cnccc1-n1cnc(C(F)(F)F)c1. The Morgan fingerprint density at radius 3 is 1.26 bits per heavy atom. The number of nitrogens with zero attached hydrogens (tertiary/aromatic N) is 20. The molecule has 0 unspecified atom stereocenters. The molecule has 32 heteroatoms. The van der Waals surface area contributed by atoms with Gasteiger partial charge < -0.3 is 52.7 Å². The van der Waals surface area contributed by atoms with Gasteiger partial charge in [-0.05, 0) is 64.1 Å². The number of nitrogen functional groups attached to an aromatic ring is 6. The van der Waals surface area contributed by atoms with Crippen LogP contribution >= 0.6 is 0 Å². The number of hydrogen-bond donors (Lipinski definition) is 6. The lowest BCUT2D eigenvalue weighted by molar-refractivity contribution is -0.141. The highest BCUT2D eigenvalue weighted by Gasteiger charge is 2.35. The van der Waals surface area contributed by atoms with E-state index in [1.54, 1.807) is 96.1 Å². The Bertz CT molecular complexity index is 3930. The zero-order valence-electron chi connectivity index (χ0n) is 44.8. The summed E-state index contributed by atoms with van der Waals surface area (Å²) in [6.07, 6.45) is 24.8. The zero-order chi connectivity index (χ0) is 60.6. The number of pyridine rings is 6. The van der Waals surface area contributed by atoms with Gasteiger partial charge in [0.2, 0.25) is 0 Å². The first kappa shape index (κ1) is 60.0. The van der Waals surface area contributed by atoms with Gasteiger partial charge in [-0.3, -0.25) is 29.9 Å². The van der Waals surface area contributed by atoms with Gasteiger partial charge in [-0.25, -0.2) is 39.3 Å². The second-order valence-electron chi connectivity index (χ2n) is 17.1. The molecule has 0 aliphatic rings. The molecule has 0 fully saturated rings. The molecule has 0 aliphatic carbocycles. The quantitative estimate of drug-likeness (QED) is 0.0899. The van der Waals surface area contributed by atoms with E-state index in [0.717, 1.165) is 58.9 Å². The number of nitrogens with two attached hydrogens (primary N) is 6. The fraction of sp³-hybridized carbons (Fsp3) is 0.115. The van der Waals surface area contributed by atoms with Crippen molar-refractivity contribution in [1.82, 2.24) is 97.6 Å². The van der Waals surface area contributed by atoms with E-state index in [4.69, 9.17) is 34.4 Å². The fourth-order valence-electron chi connectivity index (χ4n) is 7.19. The summed E-state index contributed by atoms with van der Waals surface area (Å²) in [6, 6.07) is 10.4. The molecule has 432 valence electrons. The number of imidazole rings is 4. The van der Waals surface area contributed by atoms with Crippen molar-refractivity contribution in [3.05, 3.63) is 208 Å². The minimum absolute atomic E-state index is 0.218. The van der Waals surface area contributed by atoms with Crippen molar-refractivity contribution in [2.75, 3.05) is 34.4 Å². The van der Waals surface area contributed by atoms with Gasteiger partial charge >= 0.3 is 12.4 Å². The zero-order valence-corrected chi connectivity index (χ0v) is 44.8. The van der Waals surface area contributed by atoms with Gasteiger partial charge in [-0.2, -0.15) is 36.5 Å². The van der Waals surface area contributed by atoms with Crippen LogP contribution in [0.4, 0.5) is 60.5 Å². The van der Waals surface area contributed by atoms with Crippen LogP contribution in [-0.2, 0) is 12.4 Å². The summed E-state index contributed by atoms with van der Waals surface area (Å²) in [5, 5.41) is 8.18. The van der Waals surface area contributed by atoms with Crippen molar-refractivity contribution in [3.63, 3.8) is 0 Å². The predicted octanol–water partition coefficient (Wildman–Crippen LogP) is 7.16. The Morgan fingerprint density at radius 2 is 0.869 bits per heavy atom. The van der Waals surface area contributed by atoms with E-state index in [9.17, 15) is 26.3 Å². The van der Waals surface area contributed by atoms with E-state index in [2.05, 4.69) is 70.0 Å². The molecular weight excluding hydrogens is 1100 g/mol. The van der Waals surface area contributed by atoms with Gasteiger partial charge in [-0.1, -0.05) is 0 Å². The van der Waals surface area contributed by atoms with Crippen molar-refractivity contribution in [2.24, 2.45) is 0 Å². The van der Waals surface area contributed by atoms with E-state index in [1.165, 1.54) is 59.3 Å². The number of aromatic nitrogens is 20. The first-order valence-electron chi connectivity index (χ1n) is 24.3. The highest BCUT2D eigenvalue weighted by molar-refractivity contribution is 5.59. The highest BCUT2D eigenvalue weighted by Crippen LogP contribution is 2.31. The van der Waals surface area contributed by atoms with E-state index in [0.29, 0.717) is 39.8 Å². The summed E-state index contributed by atoms with van der Waals surface area (Å²) in [6.45, 7) is 7.11. The minimum Gasteiger partial charge on any atom is -0.396 e. The lowest BCUT2D eigenvalue weighted by Gasteiger charge is -2.06. The first-order chi connectivity index (χ1) is 40.1. The van der Waals surface area contributed by atoms with Crippen molar-refractivity contribution in [1.29, 1.82) is 0 Å². The summed E-state index contributed by atoms with van der Waals surface area (Å²) in [7, 11) is 0. The van der Waals surface area contributed by atoms with E-state index >= 15 is 0 Å². The summed E-state index contributed by atoms with van der Waals surface area (Å²) in [4.78, 5) is 45.9. The maximum Gasteiger partial charge on any atom is 0.434 e. The summed E-state index contributed by atoms with van der Waals surface area (Å²) < 4.78 is 83.9. The number of halogens is 6. The molecule has 0 spiro atoms. The van der Waals surface area contributed by atoms with Crippen LogP contribution < -0.4 is 34.4 Å². The molecule has 12 heterocycles. The molecule has 0 atom stereocenters. The van der Waals surface area contributed by atoms with Crippen molar-refractivity contribution in [3.8, 4) is 34.1 Å². The van der Waals surface area contributed by atoms with Crippen LogP contribution in [0.2, 0.25) is 0 Å². The van der Waals surface area contributed by atoms with Crippen LogP contribution in [0, 0.1) is 27.7 Å². The molecule has 84 heavy (non-hydrogen) atoms. The Labute approximate surface area is 473 Å². The van der Waals surface area contributed by atoms with Crippen molar-refractivity contribution < 1.29 is 26.3 Å². The Hall–Kier alpha value is -11.6. The normalized spacial score (nSPS) is 10.8. The molecule has 0 aromatic carbocycles. The van der Waals surface area contributed by atoms with Crippen LogP contribution in [0.3, 0.4) is 0 Å². The summed E-state index contributed by atoms with van der Waals surface area (Å²) in [5.74, 6) is 2.65. The van der Waals surface area contributed by atoms with Crippen LogP contribution in [0.1, 0.15) is 34.7 Å². The number of alkyl halides is 6. The third-order valence-electron chi connectivity index (χ3n) is 11.2. The maximum absolute atomic E-state index is 12.5. The lowest BCUT2D eigenvalue weighted by Crippen LogP contribution is -2.05. The molecule has 0 radical (unpaired) electrons. The molecular formula is C52H52F6N26. The Morgan fingerprint density at radius 1 is 0.393 bits per heavy atom. The highest BCUT2D eigenvalue weighted by atomic mass is 19.4. The average Bonchev–Trinajstić information content (AvgIpc) is 4.52. The Balaban J connectivity index is 0.000000145. The van der Waals surface area contributed by atoms with E-state index < -0.39 is 23.7 Å². The first-order valence-corrected chi connectivity index (χ1v) is 24.3. The molecule has 26 nitrogen and oxygen atoms in total. The average molecular weight is 1160 g/mol. The molecule has 0 amide bonds. The van der Waals surface area contributed by atoms with Crippen LogP contribution in [0.15, 0.2) is 173 Å². The van der Waals surface area contributed by atoms with Gasteiger partial charge in [0.15, 0.2) is 11.4 Å². The number of hydrogen-bond acceptors (Lipinski definition) is 20. The van der Waals surface area contributed by atoms with E-state index in [1.807, 2.05) is 54.4 Å². The smallest absolute Gasteiger partial charge is 0.396 e. The van der Waals surface area contributed by atoms with Gasteiger partial charge in [-0.15, -0.1) is 0 Å². The van der Waals surface area contributed by atoms with Crippen LogP contribution in [0.5, 0.6) is 0 Å². The number of aryl methyl sites for hydroxylation is 4. The van der Waals surface area contributed by atoms with Crippen LogP contribution in [-0.4, -0.2) is 97.6 Å². The second kappa shape index (κ2) is 27.0. The van der Waals surface area contributed by atoms with Crippen LogP contribution in [0.25, 0.3) is 34.1 Å². The summed E-state index contributed by atoms with van der Waals surface area (Å²) in [5.41, 5.74) is 39.6. The van der Waals surface area contributed by atoms with Gasteiger partial charge in [0.25, 0.3) is 0 Å². The lowest BCUT2D eigenvalue weighted by atomic mass is 10.3. The number of anilines is 6. The molecule has 0 aliphatic heterocycles. The molecule has 0 saturated heterocycles. The molecule has 12 N–H and O–H groups in total. The monoisotopic (exact) mass is 1150 g/mol. The predicted molar refractivity (Wildman–Crippen MR) is 299 cm³/mol. The maximum atomic E-state index is 12.5. The third kappa shape index (κ3) is 15.6. The van der Waals surface area contributed by atoms with Gasteiger partial charge in [0, 0.05) is 74.4 Å².